The smallest absolute Gasteiger partial charge is 0.303 e. The number of carbonyl (C=O) groups is 1. The topological polar surface area (TPSA) is 81.4 Å². The molecule has 0 aliphatic heterocycles. The van der Waals surface area contributed by atoms with Crippen LogP contribution in [0.25, 0.3) is 33.0 Å². The van der Waals surface area contributed by atoms with Crippen LogP contribution >= 0.6 is 0 Å². The molecule has 0 unspecified atom stereocenters. The number of carboxylic acid groups (broad SMARTS) is 1. The maximum absolute atomic E-state index is 12.7. The molecule has 5 aromatic rings. The Hall–Kier alpha value is -4.71. The molecule has 1 N–H and O–H groups in total. The predicted octanol–water partition coefficient (Wildman–Crippen LogP) is 6.61. The SMILES string of the molecule is O=C(O)CCCOc1cccc(CCCn2cc(-c3ccccc3-c3cncc4ccccc34)ccc2=O)c1. The zero-order chi connectivity index (χ0) is 27.0. The van der Waals surface area contributed by atoms with Crippen LogP contribution in [-0.2, 0) is 17.8 Å². The number of nitrogens with zero attached hydrogens (tertiary/aromatic N) is 2. The van der Waals surface area contributed by atoms with E-state index in [9.17, 15) is 9.59 Å². The van der Waals surface area contributed by atoms with Crippen molar-refractivity contribution in [2.45, 2.75) is 32.2 Å². The number of aryl methyl sites for hydroxylation is 2. The van der Waals surface area contributed by atoms with Crippen LogP contribution in [0.4, 0.5) is 0 Å². The van der Waals surface area contributed by atoms with Gasteiger partial charge in [0.05, 0.1) is 6.61 Å². The molecule has 2 heterocycles. The molecule has 0 amide bonds. The molecule has 3 aromatic carbocycles. The Kier molecular flexibility index (Phi) is 8.12. The molecular formula is C33H30N2O4. The Morgan fingerprint density at radius 3 is 2.54 bits per heavy atom. The number of aromatic nitrogens is 2. The van der Waals surface area contributed by atoms with Gasteiger partial charge in [0.25, 0.3) is 5.56 Å². The fourth-order valence-corrected chi connectivity index (χ4v) is 4.82. The minimum absolute atomic E-state index is 0.0291. The third-order valence-corrected chi connectivity index (χ3v) is 6.75. The van der Waals surface area contributed by atoms with Crippen molar-refractivity contribution >= 4 is 16.7 Å². The highest BCUT2D eigenvalue weighted by Crippen LogP contribution is 2.35. The molecular weight excluding hydrogens is 488 g/mol. The molecule has 0 spiro atoms. The lowest BCUT2D eigenvalue weighted by Gasteiger charge is -2.14. The third kappa shape index (κ3) is 6.41. The molecule has 0 fully saturated rings. The number of benzene rings is 3. The Bertz CT molecular complexity index is 1650. The van der Waals surface area contributed by atoms with E-state index in [1.807, 2.05) is 73.2 Å². The van der Waals surface area contributed by atoms with Crippen LogP contribution in [0.15, 0.2) is 108 Å². The Balaban J connectivity index is 1.31. The number of aliphatic carboxylic acids is 1. The van der Waals surface area contributed by atoms with Crippen molar-refractivity contribution in [3.63, 3.8) is 0 Å². The normalized spacial score (nSPS) is 11.0. The first-order chi connectivity index (χ1) is 19.1. The highest BCUT2D eigenvalue weighted by Gasteiger charge is 2.12. The molecule has 6 heteroatoms. The minimum atomic E-state index is -0.819. The van der Waals surface area contributed by atoms with Crippen LogP contribution in [0.1, 0.15) is 24.8 Å². The highest BCUT2D eigenvalue weighted by molar-refractivity contribution is 5.99. The van der Waals surface area contributed by atoms with Gasteiger partial charge in [0.1, 0.15) is 5.75 Å². The molecule has 0 saturated carbocycles. The fraction of sp³-hybridized carbons (Fsp3) is 0.182. The second kappa shape index (κ2) is 12.2. The van der Waals surface area contributed by atoms with E-state index < -0.39 is 5.97 Å². The van der Waals surface area contributed by atoms with Crippen LogP contribution in [-0.4, -0.2) is 27.2 Å². The number of hydrogen-bond donors (Lipinski definition) is 1. The van der Waals surface area contributed by atoms with E-state index in [4.69, 9.17) is 9.84 Å². The number of ether oxygens (including phenoxy) is 1. The number of carboxylic acids is 1. The zero-order valence-corrected chi connectivity index (χ0v) is 21.6. The summed E-state index contributed by atoms with van der Waals surface area (Å²) >= 11 is 0. The lowest BCUT2D eigenvalue weighted by Crippen LogP contribution is -2.19. The summed E-state index contributed by atoms with van der Waals surface area (Å²) in [5, 5.41) is 11.0. The number of fused-ring (bicyclic) bond motifs is 1. The standard InChI is InChI=1S/C33H30N2O4/c36-32-17-16-26(29-13-3-4-14-30(29)31-22-34-21-25-10-1-2-12-28(25)31)23-35(32)18-6-9-24-8-5-11-27(20-24)39-19-7-15-33(37)38/h1-5,8,10-14,16-17,20-23H,6-7,9,15,18-19H2,(H,37,38). The maximum Gasteiger partial charge on any atom is 0.303 e. The minimum Gasteiger partial charge on any atom is -0.494 e. The second-order valence-electron chi connectivity index (χ2n) is 9.50. The Morgan fingerprint density at radius 2 is 1.67 bits per heavy atom. The van der Waals surface area contributed by atoms with Gasteiger partial charge in [0.15, 0.2) is 0 Å². The summed E-state index contributed by atoms with van der Waals surface area (Å²) in [5.41, 5.74) is 5.26. The van der Waals surface area contributed by atoms with Gasteiger partial charge < -0.3 is 14.4 Å². The molecule has 0 saturated heterocycles. The average Bonchev–Trinajstić information content (AvgIpc) is 2.96. The lowest BCUT2D eigenvalue weighted by molar-refractivity contribution is -0.137. The van der Waals surface area contributed by atoms with Crippen molar-refractivity contribution in [1.82, 2.24) is 9.55 Å². The zero-order valence-electron chi connectivity index (χ0n) is 21.6. The van der Waals surface area contributed by atoms with Crippen molar-refractivity contribution in [1.29, 1.82) is 0 Å². The van der Waals surface area contributed by atoms with E-state index in [0.717, 1.165) is 57.2 Å². The summed E-state index contributed by atoms with van der Waals surface area (Å²) in [6.45, 7) is 0.961. The molecule has 0 bridgehead atoms. The monoisotopic (exact) mass is 518 g/mol. The molecule has 5 rings (SSSR count). The van der Waals surface area contributed by atoms with Crippen molar-refractivity contribution in [3.8, 4) is 28.0 Å². The summed E-state index contributed by atoms with van der Waals surface area (Å²) in [4.78, 5) is 27.9. The molecule has 6 nitrogen and oxygen atoms in total. The van der Waals surface area contributed by atoms with Gasteiger partial charge >= 0.3 is 5.97 Å². The van der Waals surface area contributed by atoms with Crippen LogP contribution in [0, 0.1) is 0 Å². The molecule has 39 heavy (non-hydrogen) atoms. The molecule has 0 aliphatic rings. The number of rotatable bonds is 11. The van der Waals surface area contributed by atoms with Gasteiger partial charge in [-0.2, -0.15) is 0 Å². The second-order valence-corrected chi connectivity index (χ2v) is 9.50. The van der Waals surface area contributed by atoms with E-state index in [-0.39, 0.29) is 12.0 Å². The average molecular weight is 519 g/mol. The number of pyridine rings is 2. The van der Waals surface area contributed by atoms with Crippen LogP contribution < -0.4 is 10.3 Å². The molecule has 2 aromatic heterocycles. The van der Waals surface area contributed by atoms with E-state index in [1.165, 1.54) is 0 Å². The quantitative estimate of drug-likeness (QED) is 0.199. The van der Waals surface area contributed by atoms with E-state index in [0.29, 0.717) is 19.6 Å². The van der Waals surface area contributed by atoms with E-state index in [1.54, 1.807) is 10.6 Å². The summed E-state index contributed by atoms with van der Waals surface area (Å²) in [6, 6.07) is 27.8. The largest absolute Gasteiger partial charge is 0.494 e. The molecule has 0 radical (unpaired) electrons. The van der Waals surface area contributed by atoms with Gasteiger partial charge in [-0.1, -0.05) is 60.7 Å². The van der Waals surface area contributed by atoms with Crippen molar-refractivity contribution < 1.29 is 14.6 Å². The third-order valence-electron chi connectivity index (χ3n) is 6.75. The van der Waals surface area contributed by atoms with Gasteiger partial charge in [0.2, 0.25) is 0 Å². The maximum atomic E-state index is 12.7. The Morgan fingerprint density at radius 1 is 0.846 bits per heavy atom. The first-order valence-electron chi connectivity index (χ1n) is 13.1. The first-order valence-corrected chi connectivity index (χ1v) is 13.1. The summed E-state index contributed by atoms with van der Waals surface area (Å²) in [6.07, 6.45) is 7.88. The lowest BCUT2D eigenvalue weighted by atomic mass is 9.93. The van der Waals surface area contributed by atoms with E-state index >= 15 is 0 Å². The van der Waals surface area contributed by atoms with Gasteiger partial charge in [-0.3, -0.25) is 14.6 Å². The van der Waals surface area contributed by atoms with Gasteiger partial charge in [-0.15, -0.1) is 0 Å². The van der Waals surface area contributed by atoms with Gasteiger partial charge in [-0.25, -0.2) is 0 Å². The van der Waals surface area contributed by atoms with Crippen LogP contribution in [0.5, 0.6) is 5.75 Å². The summed E-state index contributed by atoms with van der Waals surface area (Å²) in [7, 11) is 0. The van der Waals surface area contributed by atoms with E-state index in [2.05, 4.69) is 29.2 Å². The van der Waals surface area contributed by atoms with Crippen molar-refractivity contribution in [2.75, 3.05) is 6.61 Å². The van der Waals surface area contributed by atoms with Gasteiger partial charge in [0, 0.05) is 48.6 Å². The van der Waals surface area contributed by atoms with Crippen molar-refractivity contribution in [2.24, 2.45) is 0 Å². The number of hydrogen-bond acceptors (Lipinski definition) is 4. The molecule has 0 aliphatic carbocycles. The first kappa shape index (κ1) is 25.9. The Labute approximate surface area is 227 Å². The molecule has 196 valence electrons. The molecule has 0 atom stereocenters. The van der Waals surface area contributed by atoms with Gasteiger partial charge in [-0.05, 0) is 65.1 Å². The van der Waals surface area contributed by atoms with Crippen LogP contribution in [0.2, 0.25) is 0 Å². The highest BCUT2D eigenvalue weighted by atomic mass is 16.5. The van der Waals surface area contributed by atoms with Crippen LogP contribution in [0.3, 0.4) is 0 Å². The fourth-order valence-electron chi connectivity index (χ4n) is 4.82. The predicted molar refractivity (Wildman–Crippen MR) is 154 cm³/mol. The summed E-state index contributed by atoms with van der Waals surface area (Å²) in [5.74, 6) is -0.0858. The van der Waals surface area contributed by atoms with Crippen molar-refractivity contribution in [3.05, 3.63) is 119 Å². The summed E-state index contributed by atoms with van der Waals surface area (Å²) < 4.78 is 7.47.